The van der Waals surface area contributed by atoms with Crippen molar-refractivity contribution in [3.8, 4) is 0 Å². The van der Waals surface area contributed by atoms with Crippen LogP contribution in [0.1, 0.15) is 50.2 Å². The molecule has 122 valence electrons. The maximum absolute atomic E-state index is 12.3. The molecule has 0 radical (unpaired) electrons. The van der Waals surface area contributed by atoms with Crippen molar-refractivity contribution >= 4 is 5.91 Å². The molecule has 1 fully saturated rings. The summed E-state index contributed by atoms with van der Waals surface area (Å²) in [4.78, 5) is 14.7. The number of likely N-dealkylation sites (tertiary alicyclic amines) is 1. The summed E-state index contributed by atoms with van der Waals surface area (Å²) in [6.07, 6.45) is 5.65. The van der Waals surface area contributed by atoms with E-state index in [0.29, 0.717) is 0 Å². The van der Waals surface area contributed by atoms with E-state index in [-0.39, 0.29) is 11.8 Å². The van der Waals surface area contributed by atoms with Crippen molar-refractivity contribution in [2.45, 2.75) is 52.5 Å². The van der Waals surface area contributed by atoms with Crippen LogP contribution >= 0.6 is 0 Å². The van der Waals surface area contributed by atoms with Crippen molar-refractivity contribution < 1.29 is 4.79 Å². The van der Waals surface area contributed by atoms with Gasteiger partial charge in [-0.2, -0.15) is 0 Å². The zero-order chi connectivity index (χ0) is 15.8. The summed E-state index contributed by atoms with van der Waals surface area (Å²) < 4.78 is 0. The molecule has 1 N–H and O–H groups in total. The number of rotatable bonds is 7. The molecule has 1 aliphatic rings. The van der Waals surface area contributed by atoms with Crippen LogP contribution in [0.3, 0.4) is 0 Å². The molecular weight excluding hydrogens is 272 g/mol. The van der Waals surface area contributed by atoms with Crippen LogP contribution in [0.2, 0.25) is 0 Å². The number of piperidine rings is 1. The van der Waals surface area contributed by atoms with E-state index < -0.39 is 0 Å². The summed E-state index contributed by atoms with van der Waals surface area (Å²) in [6, 6.07) is 8.68. The first kappa shape index (κ1) is 17.0. The number of carbonyl (C=O) groups is 1. The molecule has 22 heavy (non-hydrogen) atoms. The number of aryl methyl sites for hydroxylation is 1. The van der Waals surface area contributed by atoms with E-state index >= 15 is 0 Å². The number of hydrogen-bond donors (Lipinski definition) is 1. The number of amides is 1. The fraction of sp³-hybridized carbons (Fsp3) is 0.632. The van der Waals surface area contributed by atoms with Gasteiger partial charge >= 0.3 is 0 Å². The van der Waals surface area contributed by atoms with Gasteiger partial charge in [0, 0.05) is 19.6 Å². The Hall–Kier alpha value is -1.35. The van der Waals surface area contributed by atoms with E-state index in [0.717, 1.165) is 45.4 Å². The second-order valence-electron chi connectivity index (χ2n) is 6.56. The SMILES string of the molecule is CCCCCNC(=O)C1CCCN(Cc2cccc(C)c2)C1. The lowest BCUT2D eigenvalue weighted by Gasteiger charge is -2.32. The Kier molecular flexibility index (Phi) is 6.91. The first-order valence-electron chi connectivity index (χ1n) is 8.74. The van der Waals surface area contributed by atoms with Gasteiger partial charge in [-0.25, -0.2) is 0 Å². The van der Waals surface area contributed by atoms with E-state index in [4.69, 9.17) is 0 Å². The third-order valence-electron chi connectivity index (χ3n) is 4.44. The van der Waals surface area contributed by atoms with Gasteiger partial charge in [0.2, 0.25) is 5.91 Å². The molecule has 1 heterocycles. The molecular formula is C19H30N2O. The molecule has 1 amide bonds. The Morgan fingerprint density at radius 2 is 2.23 bits per heavy atom. The normalized spacial score (nSPS) is 19.1. The second-order valence-corrected chi connectivity index (χ2v) is 6.56. The Morgan fingerprint density at radius 3 is 3.00 bits per heavy atom. The number of carbonyl (C=O) groups excluding carboxylic acids is 1. The zero-order valence-corrected chi connectivity index (χ0v) is 14.1. The molecule has 3 nitrogen and oxygen atoms in total. The van der Waals surface area contributed by atoms with Gasteiger partial charge in [0.1, 0.15) is 0 Å². The zero-order valence-electron chi connectivity index (χ0n) is 14.1. The highest BCUT2D eigenvalue weighted by Crippen LogP contribution is 2.19. The molecule has 2 rings (SSSR count). The minimum atomic E-state index is 0.167. The Bertz CT molecular complexity index is 472. The van der Waals surface area contributed by atoms with Gasteiger partial charge in [0.05, 0.1) is 5.92 Å². The maximum atomic E-state index is 12.3. The molecule has 0 saturated carbocycles. The van der Waals surface area contributed by atoms with Crippen molar-refractivity contribution in [1.82, 2.24) is 10.2 Å². The molecule has 1 saturated heterocycles. The van der Waals surface area contributed by atoms with E-state index in [1.807, 2.05) is 0 Å². The van der Waals surface area contributed by atoms with Gasteiger partial charge in [-0.05, 0) is 38.3 Å². The summed E-state index contributed by atoms with van der Waals surface area (Å²) in [5, 5.41) is 3.12. The smallest absolute Gasteiger partial charge is 0.224 e. The fourth-order valence-electron chi connectivity index (χ4n) is 3.21. The lowest BCUT2D eigenvalue weighted by atomic mass is 9.96. The standard InChI is InChI=1S/C19H30N2O/c1-3-4-5-11-20-19(22)18-10-7-12-21(15-18)14-17-9-6-8-16(2)13-17/h6,8-9,13,18H,3-5,7,10-12,14-15H2,1-2H3,(H,20,22). The first-order valence-corrected chi connectivity index (χ1v) is 8.74. The maximum Gasteiger partial charge on any atom is 0.224 e. The van der Waals surface area contributed by atoms with Crippen LogP contribution in [0.5, 0.6) is 0 Å². The highest BCUT2D eigenvalue weighted by molar-refractivity contribution is 5.78. The van der Waals surface area contributed by atoms with Crippen molar-refractivity contribution in [2.75, 3.05) is 19.6 Å². The van der Waals surface area contributed by atoms with E-state index in [1.165, 1.54) is 24.0 Å². The molecule has 0 bridgehead atoms. The monoisotopic (exact) mass is 302 g/mol. The van der Waals surface area contributed by atoms with E-state index in [2.05, 4.69) is 48.3 Å². The molecule has 3 heteroatoms. The molecule has 1 aromatic rings. The van der Waals surface area contributed by atoms with E-state index in [1.54, 1.807) is 0 Å². The van der Waals surface area contributed by atoms with Crippen LogP contribution < -0.4 is 5.32 Å². The predicted molar refractivity (Wildman–Crippen MR) is 91.7 cm³/mol. The Morgan fingerprint density at radius 1 is 1.36 bits per heavy atom. The minimum Gasteiger partial charge on any atom is -0.356 e. The van der Waals surface area contributed by atoms with Crippen molar-refractivity contribution in [2.24, 2.45) is 5.92 Å². The quantitative estimate of drug-likeness (QED) is 0.782. The number of nitrogens with zero attached hydrogens (tertiary/aromatic N) is 1. The van der Waals surface area contributed by atoms with Crippen LogP contribution in [0.15, 0.2) is 24.3 Å². The number of benzene rings is 1. The van der Waals surface area contributed by atoms with Crippen molar-refractivity contribution in [3.63, 3.8) is 0 Å². The first-order chi connectivity index (χ1) is 10.7. The van der Waals surface area contributed by atoms with E-state index in [9.17, 15) is 4.79 Å². The molecule has 0 spiro atoms. The summed E-state index contributed by atoms with van der Waals surface area (Å²) in [5.41, 5.74) is 2.66. The summed E-state index contributed by atoms with van der Waals surface area (Å²) >= 11 is 0. The number of unbranched alkanes of at least 4 members (excludes halogenated alkanes) is 2. The summed E-state index contributed by atoms with van der Waals surface area (Å²) in [6.45, 7) is 8.11. The van der Waals surface area contributed by atoms with Gasteiger partial charge in [-0.15, -0.1) is 0 Å². The summed E-state index contributed by atoms with van der Waals surface area (Å²) in [7, 11) is 0. The van der Waals surface area contributed by atoms with Crippen LogP contribution in [-0.4, -0.2) is 30.4 Å². The third kappa shape index (κ3) is 5.45. The van der Waals surface area contributed by atoms with Gasteiger partial charge in [-0.1, -0.05) is 49.6 Å². The lowest BCUT2D eigenvalue weighted by molar-refractivity contribution is -0.126. The van der Waals surface area contributed by atoms with Crippen LogP contribution in [0.4, 0.5) is 0 Å². The molecule has 1 atom stereocenters. The van der Waals surface area contributed by atoms with Crippen LogP contribution in [0, 0.1) is 12.8 Å². The minimum absolute atomic E-state index is 0.167. The number of hydrogen-bond acceptors (Lipinski definition) is 2. The Labute approximate surface area is 135 Å². The fourth-order valence-corrected chi connectivity index (χ4v) is 3.21. The lowest BCUT2D eigenvalue weighted by Crippen LogP contribution is -2.42. The van der Waals surface area contributed by atoms with Gasteiger partial charge in [0.15, 0.2) is 0 Å². The van der Waals surface area contributed by atoms with Gasteiger partial charge in [-0.3, -0.25) is 9.69 Å². The molecule has 1 aromatic carbocycles. The number of nitrogens with one attached hydrogen (secondary N) is 1. The van der Waals surface area contributed by atoms with Crippen LogP contribution in [-0.2, 0) is 11.3 Å². The summed E-state index contributed by atoms with van der Waals surface area (Å²) in [5.74, 6) is 0.422. The van der Waals surface area contributed by atoms with Crippen molar-refractivity contribution in [1.29, 1.82) is 0 Å². The predicted octanol–water partition coefficient (Wildman–Crippen LogP) is 3.51. The molecule has 0 aliphatic carbocycles. The Balaban J connectivity index is 1.79. The van der Waals surface area contributed by atoms with Gasteiger partial charge in [0.25, 0.3) is 0 Å². The largest absolute Gasteiger partial charge is 0.356 e. The molecule has 1 aliphatic heterocycles. The second kappa shape index (κ2) is 8.94. The molecule has 0 aromatic heterocycles. The molecule has 1 unspecified atom stereocenters. The third-order valence-corrected chi connectivity index (χ3v) is 4.44. The highest BCUT2D eigenvalue weighted by atomic mass is 16.1. The van der Waals surface area contributed by atoms with Gasteiger partial charge < -0.3 is 5.32 Å². The topological polar surface area (TPSA) is 32.3 Å². The van der Waals surface area contributed by atoms with Crippen LogP contribution in [0.25, 0.3) is 0 Å². The highest BCUT2D eigenvalue weighted by Gasteiger charge is 2.25. The average molecular weight is 302 g/mol. The van der Waals surface area contributed by atoms with Crippen molar-refractivity contribution in [3.05, 3.63) is 35.4 Å². The average Bonchev–Trinajstić information content (AvgIpc) is 2.52.